The largest absolute Gasteiger partial charge is 0.369 e. The molecule has 0 unspecified atom stereocenters. The van der Waals surface area contributed by atoms with E-state index >= 15 is 0 Å². The van der Waals surface area contributed by atoms with Crippen molar-refractivity contribution in [1.29, 1.82) is 0 Å². The number of piperazine rings is 1. The third kappa shape index (κ3) is 6.86. The van der Waals surface area contributed by atoms with Crippen LogP contribution in [0.25, 0.3) is 0 Å². The van der Waals surface area contributed by atoms with Gasteiger partial charge >= 0.3 is 11.8 Å². The van der Waals surface area contributed by atoms with E-state index in [1.165, 1.54) is 12.1 Å². The van der Waals surface area contributed by atoms with E-state index in [9.17, 15) is 14.0 Å². The summed E-state index contributed by atoms with van der Waals surface area (Å²) in [4.78, 5) is 37.4. The summed E-state index contributed by atoms with van der Waals surface area (Å²) in [6, 6.07) is 10.3. The molecule has 2 amide bonds. The van der Waals surface area contributed by atoms with Gasteiger partial charge in [-0.2, -0.15) is 0 Å². The highest BCUT2D eigenvalue weighted by Crippen LogP contribution is 2.23. The van der Waals surface area contributed by atoms with Crippen molar-refractivity contribution in [3.8, 4) is 0 Å². The van der Waals surface area contributed by atoms with Crippen molar-refractivity contribution in [2.45, 2.75) is 19.0 Å². The fourth-order valence-corrected chi connectivity index (χ4v) is 4.21. The lowest BCUT2D eigenvalue weighted by molar-refractivity contribution is -0.139. The molecule has 0 radical (unpaired) electrons. The number of aryl methyl sites for hydroxylation is 1. The predicted octanol–water partition coefficient (Wildman–Crippen LogP) is 1.60. The van der Waals surface area contributed by atoms with Crippen LogP contribution in [0.3, 0.4) is 0 Å². The van der Waals surface area contributed by atoms with Gasteiger partial charge in [0.1, 0.15) is 5.82 Å². The van der Waals surface area contributed by atoms with E-state index < -0.39 is 11.8 Å². The number of nitrogens with one attached hydrogen (secondary N) is 2. The lowest BCUT2D eigenvalue weighted by Gasteiger charge is -2.40. The number of hydrogen-bond acceptors (Lipinski definition) is 6. The summed E-state index contributed by atoms with van der Waals surface area (Å²) < 4.78 is 15.2. The Morgan fingerprint density at radius 1 is 0.971 bits per heavy atom. The first-order valence-corrected chi connectivity index (χ1v) is 11.8. The van der Waals surface area contributed by atoms with Crippen molar-refractivity contribution in [1.82, 2.24) is 30.1 Å². The van der Waals surface area contributed by atoms with Crippen LogP contribution in [0.1, 0.15) is 18.0 Å². The molecule has 1 fully saturated rings. The average molecular weight is 480 g/mol. The maximum absolute atomic E-state index is 13.3. The number of anilines is 1. The zero-order valence-corrected chi connectivity index (χ0v) is 19.5. The average Bonchev–Trinajstić information content (AvgIpc) is 3.42. The zero-order chi connectivity index (χ0) is 24.5. The minimum absolute atomic E-state index is 0.114. The Morgan fingerprint density at radius 2 is 1.74 bits per heavy atom. The summed E-state index contributed by atoms with van der Waals surface area (Å²) in [6.07, 6.45) is 9.47. The molecule has 1 atom stereocenters. The number of amides is 2. The second-order valence-electron chi connectivity index (χ2n) is 8.42. The molecule has 0 saturated carbocycles. The number of nitrogens with zero attached hydrogens (tertiary/aromatic N) is 5. The molecule has 0 bridgehead atoms. The SMILES string of the molecule is O=C(NCCCn1ccnc1)C(=O)NC[C@H](c1cccnc1)N1CCN(c2ccc(F)cc2)CC1. The van der Waals surface area contributed by atoms with Crippen LogP contribution in [0.15, 0.2) is 67.5 Å². The normalized spacial score (nSPS) is 14.9. The topological polar surface area (TPSA) is 95.4 Å². The molecule has 10 heteroatoms. The molecule has 9 nitrogen and oxygen atoms in total. The highest BCUT2D eigenvalue weighted by Gasteiger charge is 2.26. The zero-order valence-electron chi connectivity index (χ0n) is 19.5. The first kappa shape index (κ1) is 24.3. The number of carbonyl (C=O) groups is 2. The number of pyridine rings is 1. The lowest BCUT2D eigenvalue weighted by Crippen LogP contribution is -2.51. The monoisotopic (exact) mass is 479 g/mol. The molecule has 2 N–H and O–H groups in total. The Bertz CT molecular complexity index is 1070. The molecular weight excluding hydrogens is 449 g/mol. The minimum atomic E-state index is -0.647. The molecule has 35 heavy (non-hydrogen) atoms. The highest BCUT2D eigenvalue weighted by atomic mass is 19.1. The van der Waals surface area contributed by atoms with Gasteiger partial charge in [-0.3, -0.25) is 19.5 Å². The van der Waals surface area contributed by atoms with Crippen LogP contribution in [-0.2, 0) is 16.1 Å². The second kappa shape index (κ2) is 12.1. The van der Waals surface area contributed by atoms with Crippen LogP contribution in [0, 0.1) is 5.82 Å². The molecule has 1 aliphatic heterocycles. The molecular formula is C25H30FN7O2. The van der Waals surface area contributed by atoms with Gasteiger partial charge in [-0.15, -0.1) is 0 Å². The van der Waals surface area contributed by atoms with Gasteiger partial charge in [-0.1, -0.05) is 6.07 Å². The summed E-state index contributed by atoms with van der Waals surface area (Å²) in [7, 11) is 0. The van der Waals surface area contributed by atoms with E-state index in [0.29, 0.717) is 19.5 Å². The van der Waals surface area contributed by atoms with E-state index in [1.54, 1.807) is 37.1 Å². The maximum Gasteiger partial charge on any atom is 0.309 e. The first-order valence-electron chi connectivity index (χ1n) is 11.8. The third-order valence-electron chi connectivity index (χ3n) is 6.12. The number of hydrogen-bond donors (Lipinski definition) is 2. The van der Waals surface area contributed by atoms with Gasteiger partial charge in [0.2, 0.25) is 0 Å². The molecule has 2 aromatic heterocycles. The molecule has 3 aromatic rings. The van der Waals surface area contributed by atoms with Gasteiger partial charge < -0.3 is 20.1 Å². The maximum atomic E-state index is 13.3. The number of carbonyl (C=O) groups excluding carboxylic acids is 2. The molecule has 4 rings (SSSR count). The lowest BCUT2D eigenvalue weighted by atomic mass is 10.1. The predicted molar refractivity (Wildman–Crippen MR) is 130 cm³/mol. The Kier molecular flexibility index (Phi) is 8.39. The molecule has 0 aliphatic carbocycles. The van der Waals surface area contributed by atoms with Crippen LogP contribution in [0.4, 0.5) is 10.1 Å². The second-order valence-corrected chi connectivity index (χ2v) is 8.42. The number of benzene rings is 1. The van der Waals surface area contributed by atoms with Crippen molar-refractivity contribution in [3.05, 3.63) is 78.9 Å². The third-order valence-corrected chi connectivity index (χ3v) is 6.12. The summed E-state index contributed by atoms with van der Waals surface area (Å²) in [5, 5.41) is 5.46. The van der Waals surface area contributed by atoms with Crippen molar-refractivity contribution in [2.24, 2.45) is 0 Å². The van der Waals surface area contributed by atoms with Gasteiger partial charge in [-0.05, 0) is 42.3 Å². The van der Waals surface area contributed by atoms with Gasteiger partial charge in [0.15, 0.2) is 0 Å². The molecule has 0 spiro atoms. The number of aromatic nitrogens is 3. The number of rotatable bonds is 9. The summed E-state index contributed by atoms with van der Waals surface area (Å²) in [5.41, 5.74) is 1.96. The van der Waals surface area contributed by atoms with E-state index in [-0.39, 0.29) is 11.9 Å². The molecule has 1 saturated heterocycles. The van der Waals surface area contributed by atoms with Crippen LogP contribution in [0.2, 0.25) is 0 Å². The van der Waals surface area contributed by atoms with Gasteiger partial charge in [-0.25, -0.2) is 9.37 Å². The Hall–Kier alpha value is -3.79. The molecule has 1 aromatic carbocycles. The highest BCUT2D eigenvalue weighted by molar-refractivity contribution is 6.35. The Morgan fingerprint density at radius 3 is 2.43 bits per heavy atom. The van der Waals surface area contributed by atoms with Crippen molar-refractivity contribution in [3.63, 3.8) is 0 Å². The fourth-order valence-electron chi connectivity index (χ4n) is 4.21. The van der Waals surface area contributed by atoms with Crippen molar-refractivity contribution in [2.75, 3.05) is 44.2 Å². The number of halogens is 1. The van der Waals surface area contributed by atoms with Gasteiger partial charge in [0, 0.05) is 76.3 Å². The van der Waals surface area contributed by atoms with Crippen molar-refractivity contribution < 1.29 is 14.0 Å². The molecule has 1 aliphatic rings. The summed E-state index contributed by atoms with van der Waals surface area (Å²) in [5.74, 6) is -1.53. The van der Waals surface area contributed by atoms with Crippen LogP contribution in [-0.4, -0.2) is 70.5 Å². The van der Waals surface area contributed by atoms with E-state index in [4.69, 9.17) is 0 Å². The van der Waals surface area contributed by atoms with E-state index in [2.05, 4.69) is 30.4 Å². The first-order chi connectivity index (χ1) is 17.1. The van der Waals surface area contributed by atoms with Gasteiger partial charge in [0.05, 0.1) is 12.4 Å². The fraction of sp³-hybridized carbons (Fsp3) is 0.360. The Balaban J connectivity index is 1.29. The summed E-state index contributed by atoms with van der Waals surface area (Å²) >= 11 is 0. The van der Waals surface area contributed by atoms with Crippen LogP contribution >= 0.6 is 0 Å². The standard InChI is InChI=1S/C25H30FN7O2/c26-21-4-6-22(7-5-21)32-13-15-33(16-14-32)23(20-3-1-8-27-17-20)18-30-25(35)24(34)29-9-2-11-31-12-10-28-19-31/h1,3-8,10,12,17,19,23H,2,9,11,13-16,18H2,(H,29,34)(H,30,35)/t23-/m1/s1. The van der Waals surface area contributed by atoms with E-state index in [0.717, 1.165) is 44.0 Å². The molecule has 184 valence electrons. The minimum Gasteiger partial charge on any atom is -0.369 e. The Labute approximate surface area is 204 Å². The van der Waals surface area contributed by atoms with E-state index in [1.807, 2.05) is 22.9 Å². The van der Waals surface area contributed by atoms with Crippen molar-refractivity contribution >= 4 is 17.5 Å². The van der Waals surface area contributed by atoms with Gasteiger partial charge in [0.25, 0.3) is 0 Å². The number of imidazole rings is 1. The van der Waals surface area contributed by atoms with Crippen LogP contribution < -0.4 is 15.5 Å². The summed E-state index contributed by atoms with van der Waals surface area (Å²) in [6.45, 7) is 4.47. The smallest absolute Gasteiger partial charge is 0.309 e. The molecule has 3 heterocycles. The quantitative estimate of drug-likeness (QED) is 0.358. The van der Waals surface area contributed by atoms with Crippen LogP contribution in [0.5, 0.6) is 0 Å².